The maximum Gasteiger partial charge on any atom is 0.163 e. The number of ketones is 3. The molecule has 0 amide bonds. The quantitative estimate of drug-likeness (QED) is 0.523. The van der Waals surface area contributed by atoms with Crippen LogP contribution in [0, 0.1) is 0 Å². The Morgan fingerprint density at radius 1 is 0.652 bits per heavy atom. The number of hydrogen-bond donors (Lipinski definition) is 0. The summed E-state index contributed by atoms with van der Waals surface area (Å²) in [5.74, 6) is -0.283. The number of benzene rings is 2. The molecule has 0 aliphatic rings. The standard InChI is InChI=1S/C20H20O3/c21-18(12-11-16-7-3-1-4-8-16)15-19(22)13-14-20(23)17-9-5-2-6-10-17/h1-10H,11-15H2. The van der Waals surface area contributed by atoms with Gasteiger partial charge in [-0.25, -0.2) is 0 Å². The third kappa shape index (κ3) is 5.99. The fourth-order valence-corrected chi connectivity index (χ4v) is 2.35. The molecule has 3 heteroatoms. The number of carbonyl (C=O) groups excluding carboxylic acids is 3. The lowest BCUT2D eigenvalue weighted by Gasteiger charge is -2.02. The van der Waals surface area contributed by atoms with E-state index in [1.54, 1.807) is 24.3 Å². The lowest BCUT2D eigenvalue weighted by molar-refractivity contribution is -0.126. The van der Waals surface area contributed by atoms with Crippen LogP contribution in [0.2, 0.25) is 0 Å². The minimum atomic E-state index is -0.160. The largest absolute Gasteiger partial charge is 0.299 e. The van der Waals surface area contributed by atoms with Crippen molar-refractivity contribution in [3.05, 3.63) is 71.8 Å². The molecule has 0 bridgehead atoms. The Morgan fingerprint density at radius 3 is 1.87 bits per heavy atom. The van der Waals surface area contributed by atoms with Gasteiger partial charge >= 0.3 is 0 Å². The van der Waals surface area contributed by atoms with Crippen LogP contribution in [-0.2, 0) is 16.0 Å². The Labute approximate surface area is 136 Å². The molecule has 0 unspecified atom stereocenters. The summed E-state index contributed by atoms with van der Waals surface area (Å²) in [6.07, 6.45) is 1.23. The van der Waals surface area contributed by atoms with Crippen LogP contribution < -0.4 is 0 Å². The summed E-state index contributed by atoms with van der Waals surface area (Å²) in [7, 11) is 0. The Bertz CT molecular complexity index is 660. The molecule has 0 atom stereocenters. The fraction of sp³-hybridized carbons (Fsp3) is 0.250. The minimum Gasteiger partial charge on any atom is -0.299 e. The van der Waals surface area contributed by atoms with Crippen molar-refractivity contribution < 1.29 is 14.4 Å². The van der Waals surface area contributed by atoms with Gasteiger partial charge in [0.05, 0.1) is 6.42 Å². The third-order valence-electron chi connectivity index (χ3n) is 3.66. The van der Waals surface area contributed by atoms with Crippen molar-refractivity contribution in [2.24, 2.45) is 0 Å². The van der Waals surface area contributed by atoms with Crippen LogP contribution in [0.25, 0.3) is 0 Å². The second kappa shape index (κ2) is 8.79. The molecule has 3 nitrogen and oxygen atoms in total. The summed E-state index contributed by atoms with van der Waals surface area (Å²) in [4.78, 5) is 35.6. The maximum absolute atomic E-state index is 11.9. The van der Waals surface area contributed by atoms with Gasteiger partial charge in [-0.1, -0.05) is 60.7 Å². The van der Waals surface area contributed by atoms with E-state index in [1.807, 2.05) is 36.4 Å². The van der Waals surface area contributed by atoms with Gasteiger partial charge in [-0.15, -0.1) is 0 Å². The first-order valence-electron chi connectivity index (χ1n) is 7.81. The van der Waals surface area contributed by atoms with E-state index < -0.39 is 0 Å². The zero-order valence-electron chi connectivity index (χ0n) is 13.0. The highest BCUT2D eigenvalue weighted by molar-refractivity contribution is 6.02. The third-order valence-corrected chi connectivity index (χ3v) is 3.66. The van der Waals surface area contributed by atoms with E-state index in [4.69, 9.17) is 0 Å². The van der Waals surface area contributed by atoms with Crippen LogP contribution in [0.5, 0.6) is 0 Å². The van der Waals surface area contributed by atoms with Crippen molar-refractivity contribution in [2.45, 2.75) is 32.1 Å². The number of carbonyl (C=O) groups is 3. The Balaban J connectivity index is 1.70. The lowest BCUT2D eigenvalue weighted by atomic mass is 10.0. The van der Waals surface area contributed by atoms with E-state index in [1.165, 1.54) is 0 Å². The lowest BCUT2D eigenvalue weighted by Crippen LogP contribution is -2.10. The number of Topliss-reactive ketones (excluding diaryl/α,β-unsaturated/α-hetero) is 3. The Hall–Kier alpha value is -2.55. The molecule has 0 fully saturated rings. The maximum atomic E-state index is 11.9. The van der Waals surface area contributed by atoms with Crippen molar-refractivity contribution >= 4 is 17.3 Å². The van der Waals surface area contributed by atoms with Crippen LogP contribution in [0.3, 0.4) is 0 Å². The topological polar surface area (TPSA) is 51.2 Å². The summed E-state index contributed by atoms with van der Waals surface area (Å²) >= 11 is 0. The van der Waals surface area contributed by atoms with Crippen LogP contribution in [-0.4, -0.2) is 17.3 Å². The predicted octanol–water partition coefficient (Wildman–Crippen LogP) is 3.81. The van der Waals surface area contributed by atoms with Gasteiger partial charge in [0, 0.05) is 24.8 Å². The Morgan fingerprint density at radius 2 is 1.22 bits per heavy atom. The van der Waals surface area contributed by atoms with E-state index in [0.717, 1.165) is 5.56 Å². The monoisotopic (exact) mass is 308 g/mol. The molecular formula is C20H20O3. The molecule has 0 N–H and O–H groups in total. The van der Waals surface area contributed by atoms with Gasteiger partial charge < -0.3 is 0 Å². The zero-order chi connectivity index (χ0) is 16.5. The minimum absolute atomic E-state index is 0.0596. The molecule has 118 valence electrons. The highest BCUT2D eigenvalue weighted by Crippen LogP contribution is 2.08. The summed E-state index contributed by atoms with van der Waals surface area (Å²) < 4.78 is 0. The van der Waals surface area contributed by atoms with Crippen LogP contribution >= 0.6 is 0 Å². The molecule has 2 rings (SSSR count). The van der Waals surface area contributed by atoms with E-state index in [-0.39, 0.29) is 36.6 Å². The summed E-state index contributed by atoms with van der Waals surface area (Å²) in [6.45, 7) is 0. The van der Waals surface area contributed by atoms with Crippen molar-refractivity contribution in [2.75, 3.05) is 0 Å². The van der Waals surface area contributed by atoms with E-state index in [0.29, 0.717) is 18.4 Å². The van der Waals surface area contributed by atoms with Crippen LogP contribution in [0.15, 0.2) is 60.7 Å². The van der Waals surface area contributed by atoms with Gasteiger partial charge in [0.1, 0.15) is 11.6 Å². The van der Waals surface area contributed by atoms with Crippen molar-refractivity contribution in [1.82, 2.24) is 0 Å². The van der Waals surface area contributed by atoms with Gasteiger partial charge in [-0.2, -0.15) is 0 Å². The second-order valence-corrected chi connectivity index (χ2v) is 5.53. The molecule has 23 heavy (non-hydrogen) atoms. The Kier molecular flexibility index (Phi) is 6.42. The molecule has 0 aliphatic heterocycles. The first kappa shape index (κ1) is 16.8. The highest BCUT2D eigenvalue weighted by atomic mass is 16.1. The second-order valence-electron chi connectivity index (χ2n) is 5.53. The van der Waals surface area contributed by atoms with Gasteiger partial charge in [-0.3, -0.25) is 14.4 Å². The molecule has 0 radical (unpaired) electrons. The normalized spacial score (nSPS) is 10.3. The van der Waals surface area contributed by atoms with Crippen LogP contribution in [0.4, 0.5) is 0 Å². The molecule has 0 spiro atoms. The van der Waals surface area contributed by atoms with Gasteiger partial charge in [-0.05, 0) is 12.0 Å². The first-order chi connectivity index (χ1) is 11.1. The van der Waals surface area contributed by atoms with E-state index in [9.17, 15) is 14.4 Å². The average molecular weight is 308 g/mol. The summed E-state index contributed by atoms with van der Waals surface area (Å²) in [5, 5.41) is 0. The molecule has 0 aromatic heterocycles. The van der Waals surface area contributed by atoms with Gasteiger partial charge in [0.15, 0.2) is 5.78 Å². The van der Waals surface area contributed by atoms with Crippen LogP contribution in [0.1, 0.15) is 41.6 Å². The number of aryl methyl sites for hydroxylation is 1. The summed E-state index contributed by atoms with van der Waals surface area (Å²) in [5.41, 5.74) is 1.70. The van der Waals surface area contributed by atoms with Crippen molar-refractivity contribution in [3.63, 3.8) is 0 Å². The van der Waals surface area contributed by atoms with Crippen molar-refractivity contribution in [1.29, 1.82) is 0 Å². The number of rotatable bonds is 9. The summed E-state index contributed by atoms with van der Waals surface area (Å²) in [6, 6.07) is 18.6. The smallest absolute Gasteiger partial charge is 0.163 e. The molecule has 0 heterocycles. The van der Waals surface area contributed by atoms with E-state index >= 15 is 0 Å². The predicted molar refractivity (Wildman–Crippen MR) is 89.4 cm³/mol. The van der Waals surface area contributed by atoms with E-state index in [2.05, 4.69) is 0 Å². The zero-order valence-corrected chi connectivity index (χ0v) is 13.0. The molecule has 0 aliphatic carbocycles. The molecule has 0 saturated heterocycles. The van der Waals surface area contributed by atoms with Crippen molar-refractivity contribution in [3.8, 4) is 0 Å². The molecule has 2 aromatic carbocycles. The number of hydrogen-bond acceptors (Lipinski definition) is 3. The van der Waals surface area contributed by atoms with Gasteiger partial charge in [0.25, 0.3) is 0 Å². The molecule has 2 aromatic rings. The molecular weight excluding hydrogens is 288 g/mol. The van der Waals surface area contributed by atoms with Gasteiger partial charge in [0.2, 0.25) is 0 Å². The first-order valence-corrected chi connectivity index (χ1v) is 7.81. The average Bonchev–Trinajstić information content (AvgIpc) is 2.59. The fourth-order valence-electron chi connectivity index (χ4n) is 2.35. The molecule has 0 saturated carbocycles. The highest BCUT2D eigenvalue weighted by Gasteiger charge is 2.12. The SMILES string of the molecule is O=C(CCC(=O)c1ccccc1)CC(=O)CCc1ccccc1.